The number of nitrogens with zero attached hydrogens (tertiary/aromatic N) is 1. The van der Waals surface area contributed by atoms with Crippen LogP contribution in [0.3, 0.4) is 0 Å². The second kappa shape index (κ2) is 7.85. The molecule has 2 N–H and O–H groups in total. The van der Waals surface area contributed by atoms with Gasteiger partial charge in [0, 0.05) is 18.6 Å². The van der Waals surface area contributed by atoms with Gasteiger partial charge in [0.2, 0.25) is 5.91 Å². The fourth-order valence-corrected chi connectivity index (χ4v) is 2.79. The molecule has 4 heteroatoms. The van der Waals surface area contributed by atoms with Gasteiger partial charge in [-0.2, -0.15) is 0 Å². The maximum Gasteiger partial charge on any atom is 0.233 e. The van der Waals surface area contributed by atoms with Gasteiger partial charge in [-0.15, -0.1) is 0 Å². The van der Waals surface area contributed by atoms with Gasteiger partial charge in [-0.05, 0) is 39.3 Å². The van der Waals surface area contributed by atoms with Crippen LogP contribution in [-0.4, -0.2) is 50.1 Å². The highest BCUT2D eigenvalue weighted by molar-refractivity contribution is 5.77. The van der Waals surface area contributed by atoms with Crippen LogP contribution in [0, 0.1) is 5.92 Å². The van der Waals surface area contributed by atoms with Crippen LogP contribution in [-0.2, 0) is 4.79 Å². The third kappa shape index (κ3) is 5.49. The summed E-state index contributed by atoms with van der Waals surface area (Å²) in [7, 11) is 4.30. The monoisotopic (exact) mass is 269 g/mol. The highest BCUT2D eigenvalue weighted by atomic mass is 16.1. The van der Waals surface area contributed by atoms with E-state index in [1.165, 1.54) is 25.7 Å². The Labute approximate surface area is 118 Å². The molecule has 19 heavy (non-hydrogen) atoms. The van der Waals surface area contributed by atoms with Crippen molar-refractivity contribution in [1.29, 1.82) is 0 Å². The predicted molar refractivity (Wildman–Crippen MR) is 80.2 cm³/mol. The number of hydrogen-bond donors (Lipinski definition) is 2. The summed E-state index contributed by atoms with van der Waals surface area (Å²) in [5.41, 5.74) is 0.262. The van der Waals surface area contributed by atoms with Gasteiger partial charge < -0.3 is 15.5 Å². The molecule has 0 spiro atoms. The number of carbonyl (C=O) groups excluding carboxylic acids is 1. The Balaban J connectivity index is 2.20. The summed E-state index contributed by atoms with van der Waals surface area (Å²) in [6.45, 7) is 6.49. The predicted octanol–water partition coefficient (Wildman–Crippen LogP) is 1.61. The first-order valence-corrected chi connectivity index (χ1v) is 7.61. The largest absolute Gasteiger partial charge is 0.355 e. The summed E-state index contributed by atoms with van der Waals surface area (Å²) in [6.07, 6.45) is 6.14. The Morgan fingerprint density at radius 2 is 1.89 bits per heavy atom. The summed E-state index contributed by atoms with van der Waals surface area (Å²) < 4.78 is 0. The minimum atomic E-state index is 0.118. The summed E-state index contributed by atoms with van der Waals surface area (Å²) in [5.74, 6) is 0.760. The van der Waals surface area contributed by atoms with Crippen molar-refractivity contribution in [2.24, 2.45) is 5.92 Å². The zero-order valence-corrected chi connectivity index (χ0v) is 13.1. The molecule has 1 aliphatic carbocycles. The van der Waals surface area contributed by atoms with Crippen molar-refractivity contribution in [2.75, 3.05) is 33.7 Å². The van der Waals surface area contributed by atoms with Gasteiger partial charge in [-0.1, -0.05) is 26.7 Å². The summed E-state index contributed by atoms with van der Waals surface area (Å²) in [4.78, 5) is 14.0. The molecule has 0 radical (unpaired) electrons. The van der Waals surface area contributed by atoms with Crippen LogP contribution in [0.15, 0.2) is 0 Å². The number of nitrogens with one attached hydrogen (secondary N) is 2. The molecule has 1 aliphatic rings. The summed E-state index contributed by atoms with van der Waals surface area (Å²) in [6, 6.07) is 0. The van der Waals surface area contributed by atoms with E-state index in [0.717, 1.165) is 19.5 Å². The van der Waals surface area contributed by atoms with E-state index >= 15 is 0 Å². The maximum atomic E-state index is 11.7. The van der Waals surface area contributed by atoms with E-state index in [1.807, 2.05) is 0 Å². The molecule has 0 saturated heterocycles. The molecule has 0 aromatic heterocycles. The number of hydrogen-bond acceptors (Lipinski definition) is 3. The Bertz CT molecular complexity index is 271. The molecule has 1 saturated carbocycles. The fourth-order valence-electron chi connectivity index (χ4n) is 2.79. The SMILES string of the molecule is CC(C)CCNC(=O)CNCC1(N(C)C)CCCC1. The lowest BCUT2D eigenvalue weighted by Gasteiger charge is -2.36. The Morgan fingerprint density at radius 3 is 2.42 bits per heavy atom. The lowest BCUT2D eigenvalue weighted by atomic mass is 9.96. The number of rotatable bonds is 8. The van der Waals surface area contributed by atoms with Crippen LogP contribution in [0.4, 0.5) is 0 Å². The molecule has 1 amide bonds. The van der Waals surface area contributed by atoms with E-state index in [-0.39, 0.29) is 11.4 Å². The average Bonchev–Trinajstić information content (AvgIpc) is 2.78. The van der Waals surface area contributed by atoms with Crippen LogP contribution >= 0.6 is 0 Å². The zero-order valence-electron chi connectivity index (χ0n) is 13.1. The topological polar surface area (TPSA) is 44.4 Å². The second-order valence-electron chi connectivity index (χ2n) is 6.46. The van der Waals surface area contributed by atoms with E-state index in [9.17, 15) is 4.79 Å². The van der Waals surface area contributed by atoms with Crippen molar-refractivity contribution < 1.29 is 4.79 Å². The smallest absolute Gasteiger partial charge is 0.233 e. The van der Waals surface area contributed by atoms with E-state index in [4.69, 9.17) is 0 Å². The lowest BCUT2D eigenvalue weighted by Crippen LogP contribution is -2.51. The molecule has 1 rings (SSSR count). The molecule has 4 nitrogen and oxygen atoms in total. The fraction of sp³-hybridized carbons (Fsp3) is 0.933. The molecule has 0 unspecified atom stereocenters. The normalized spacial score (nSPS) is 18.2. The molecule has 0 aromatic rings. The first-order chi connectivity index (χ1) is 8.96. The number of likely N-dealkylation sites (N-methyl/N-ethyl adjacent to an activating group) is 1. The van der Waals surface area contributed by atoms with Crippen LogP contribution in [0.2, 0.25) is 0 Å². The maximum absolute atomic E-state index is 11.7. The Morgan fingerprint density at radius 1 is 1.26 bits per heavy atom. The third-order valence-corrected chi connectivity index (χ3v) is 4.27. The summed E-state index contributed by atoms with van der Waals surface area (Å²) in [5, 5.41) is 6.30. The highest BCUT2D eigenvalue weighted by Crippen LogP contribution is 2.32. The number of carbonyl (C=O) groups is 1. The van der Waals surface area contributed by atoms with Gasteiger partial charge in [0.05, 0.1) is 6.54 Å². The molecule has 1 fully saturated rings. The van der Waals surface area contributed by atoms with E-state index < -0.39 is 0 Å². The molecular formula is C15H31N3O. The summed E-state index contributed by atoms with van der Waals surface area (Å²) >= 11 is 0. The molecular weight excluding hydrogens is 238 g/mol. The van der Waals surface area contributed by atoms with Crippen molar-refractivity contribution in [3.63, 3.8) is 0 Å². The molecule has 112 valence electrons. The minimum absolute atomic E-state index is 0.118. The molecule has 0 atom stereocenters. The van der Waals surface area contributed by atoms with Crippen molar-refractivity contribution in [2.45, 2.75) is 51.5 Å². The van der Waals surface area contributed by atoms with Gasteiger partial charge in [0.15, 0.2) is 0 Å². The van der Waals surface area contributed by atoms with Crippen molar-refractivity contribution in [1.82, 2.24) is 15.5 Å². The van der Waals surface area contributed by atoms with E-state index in [2.05, 4.69) is 43.5 Å². The van der Waals surface area contributed by atoms with Gasteiger partial charge in [0.25, 0.3) is 0 Å². The van der Waals surface area contributed by atoms with Gasteiger partial charge in [-0.25, -0.2) is 0 Å². The minimum Gasteiger partial charge on any atom is -0.355 e. The van der Waals surface area contributed by atoms with Crippen LogP contribution in [0.5, 0.6) is 0 Å². The van der Waals surface area contributed by atoms with E-state index in [1.54, 1.807) is 0 Å². The Kier molecular flexibility index (Phi) is 6.80. The molecule has 0 aromatic carbocycles. The second-order valence-corrected chi connectivity index (χ2v) is 6.46. The van der Waals surface area contributed by atoms with Crippen LogP contribution in [0.25, 0.3) is 0 Å². The molecule has 0 aliphatic heterocycles. The van der Waals surface area contributed by atoms with Gasteiger partial charge >= 0.3 is 0 Å². The molecule has 0 bridgehead atoms. The molecule has 0 heterocycles. The van der Waals surface area contributed by atoms with Crippen molar-refractivity contribution in [3.05, 3.63) is 0 Å². The van der Waals surface area contributed by atoms with Gasteiger partial charge in [0.1, 0.15) is 0 Å². The van der Waals surface area contributed by atoms with Gasteiger partial charge in [-0.3, -0.25) is 4.79 Å². The van der Waals surface area contributed by atoms with Crippen molar-refractivity contribution >= 4 is 5.91 Å². The van der Waals surface area contributed by atoms with Crippen LogP contribution in [0.1, 0.15) is 46.0 Å². The van der Waals surface area contributed by atoms with E-state index in [0.29, 0.717) is 12.5 Å². The lowest BCUT2D eigenvalue weighted by molar-refractivity contribution is -0.120. The van der Waals surface area contributed by atoms with Crippen molar-refractivity contribution in [3.8, 4) is 0 Å². The standard InChI is InChI=1S/C15H31N3O/c1-13(2)7-10-17-14(19)11-16-12-15(18(3)4)8-5-6-9-15/h13,16H,5-12H2,1-4H3,(H,17,19). The Hall–Kier alpha value is -0.610. The third-order valence-electron chi connectivity index (χ3n) is 4.27. The quantitative estimate of drug-likeness (QED) is 0.704. The highest BCUT2D eigenvalue weighted by Gasteiger charge is 2.35. The zero-order chi connectivity index (χ0) is 14.3. The first-order valence-electron chi connectivity index (χ1n) is 7.61. The van der Waals surface area contributed by atoms with Crippen LogP contribution < -0.4 is 10.6 Å². The average molecular weight is 269 g/mol. The first kappa shape index (κ1) is 16.4. The number of amides is 1.